The van der Waals surface area contributed by atoms with Crippen molar-refractivity contribution in [3.63, 3.8) is 0 Å². The van der Waals surface area contributed by atoms with Crippen LogP contribution in [0.3, 0.4) is 0 Å². The highest BCUT2D eigenvalue weighted by Crippen LogP contribution is 2.18. The first-order chi connectivity index (χ1) is 10.2. The fraction of sp³-hybridized carbons (Fsp3) is 0.250. The van der Waals surface area contributed by atoms with E-state index in [1.807, 2.05) is 18.2 Å². The third kappa shape index (κ3) is 4.85. The van der Waals surface area contributed by atoms with Gasteiger partial charge in [0.25, 0.3) is 0 Å². The van der Waals surface area contributed by atoms with E-state index in [1.165, 1.54) is 5.56 Å². The fourth-order valence-corrected chi connectivity index (χ4v) is 2.18. The topological polar surface area (TPSA) is 72.0 Å². The van der Waals surface area contributed by atoms with Crippen molar-refractivity contribution in [1.82, 2.24) is 4.98 Å². The maximum absolute atomic E-state index is 7.36. The molecule has 0 saturated carbocycles. The molecule has 0 aliphatic rings. The number of aromatic nitrogens is 1. The van der Waals surface area contributed by atoms with Gasteiger partial charge in [-0.05, 0) is 42.2 Å². The smallest absolute Gasteiger partial charge is 0.122 e. The Morgan fingerprint density at radius 3 is 2.67 bits per heavy atom. The van der Waals surface area contributed by atoms with Crippen LogP contribution in [0.15, 0.2) is 42.7 Å². The summed E-state index contributed by atoms with van der Waals surface area (Å²) in [5.74, 6) is 0.0155. The number of pyridine rings is 1. The van der Waals surface area contributed by atoms with Crippen molar-refractivity contribution in [2.24, 2.45) is 5.73 Å². The molecule has 1 aromatic heterocycles. The molecule has 0 saturated heterocycles. The number of halogens is 1. The maximum atomic E-state index is 7.36. The molecule has 5 heteroatoms. The minimum atomic E-state index is 0.0155. The molecular weight excluding hydrogens is 286 g/mol. The number of rotatable bonds is 7. The average molecular weight is 304 g/mol. The van der Waals surface area contributed by atoms with Gasteiger partial charge in [0.1, 0.15) is 5.84 Å². The Kier molecular flexibility index (Phi) is 5.72. The van der Waals surface area contributed by atoms with Gasteiger partial charge < -0.3 is 10.5 Å². The predicted octanol–water partition coefficient (Wildman–Crippen LogP) is 3.17. The summed E-state index contributed by atoms with van der Waals surface area (Å²) in [6.45, 7) is 1.14. The van der Waals surface area contributed by atoms with Crippen LogP contribution in [0, 0.1) is 5.41 Å². The van der Waals surface area contributed by atoms with Crippen molar-refractivity contribution in [1.29, 1.82) is 5.41 Å². The monoisotopic (exact) mass is 303 g/mol. The van der Waals surface area contributed by atoms with Crippen molar-refractivity contribution < 1.29 is 4.74 Å². The van der Waals surface area contributed by atoms with Crippen molar-refractivity contribution in [2.45, 2.75) is 19.4 Å². The molecule has 0 radical (unpaired) electrons. The second-order valence-corrected chi connectivity index (χ2v) is 5.14. The van der Waals surface area contributed by atoms with Crippen LogP contribution < -0.4 is 5.73 Å². The third-order valence-corrected chi connectivity index (χ3v) is 3.48. The molecule has 2 rings (SSSR count). The summed E-state index contributed by atoms with van der Waals surface area (Å²) < 4.78 is 5.64. The van der Waals surface area contributed by atoms with Gasteiger partial charge in [0.05, 0.1) is 6.61 Å². The number of nitrogens with one attached hydrogen (secondary N) is 1. The maximum Gasteiger partial charge on any atom is 0.122 e. The molecule has 0 spiro atoms. The summed E-state index contributed by atoms with van der Waals surface area (Å²) in [5, 5.41) is 7.94. The second kappa shape index (κ2) is 7.76. The van der Waals surface area contributed by atoms with Crippen molar-refractivity contribution >= 4 is 17.4 Å². The number of aryl methyl sites for hydroxylation is 1. The van der Waals surface area contributed by atoms with E-state index in [-0.39, 0.29) is 5.84 Å². The van der Waals surface area contributed by atoms with Gasteiger partial charge in [-0.15, -0.1) is 0 Å². The molecule has 0 bridgehead atoms. The molecule has 3 N–H and O–H groups in total. The van der Waals surface area contributed by atoms with Gasteiger partial charge in [0.15, 0.2) is 0 Å². The van der Waals surface area contributed by atoms with Gasteiger partial charge in [-0.2, -0.15) is 0 Å². The molecule has 21 heavy (non-hydrogen) atoms. The first-order valence-electron chi connectivity index (χ1n) is 6.76. The van der Waals surface area contributed by atoms with E-state index in [0.29, 0.717) is 23.8 Å². The largest absolute Gasteiger partial charge is 0.384 e. The average Bonchev–Trinajstić information content (AvgIpc) is 2.49. The van der Waals surface area contributed by atoms with Gasteiger partial charge in [-0.3, -0.25) is 10.4 Å². The number of amidine groups is 1. The summed E-state index contributed by atoms with van der Waals surface area (Å²) in [6.07, 6.45) is 5.52. The minimum Gasteiger partial charge on any atom is -0.384 e. The zero-order valence-corrected chi connectivity index (χ0v) is 12.4. The number of nitrogens with two attached hydrogens (primary N) is 1. The second-order valence-electron chi connectivity index (χ2n) is 4.73. The minimum absolute atomic E-state index is 0.0155. The van der Waals surface area contributed by atoms with Crippen LogP contribution in [0.2, 0.25) is 5.02 Å². The number of benzene rings is 1. The van der Waals surface area contributed by atoms with E-state index in [4.69, 9.17) is 27.5 Å². The van der Waals surface area contributed by atoms with E-state index in [1.54, 1.807) is 24.5 Å². The molecular formula is C16H18ClN3O. The van der Waals surface area contributed by atoms with Gasteiger partial charge >= 0.3 is 0 Å². The van der Waals surface area contributed by atoms with Crippen LogP contribution in [0.5, 0.6) is 0 Å². The molecule has 0 unspecified atom stereocenters. The van der Waals surface area contributed by atoms with E-state index in [2.05, 4.69) is 4.98 Å². The zero-order chi connectivity index (χ0) is 15.1. The van der Waals surface area contributed by atoms with Gasteiger partial charge in [-0.25, -0.2) is 0 Å². The molecule has 4 nitrogen and oxygen atoms in total. The van der Waals surface area contributed by atoms with Gasteiger partial charge in [0, 0.05) is 29.6 Å². The lowest BCUT2D eigenvalue weighted by Crippen LogP contribution is -2.11. The summed E-state index contributed by atoms with van der Waals surface area (Å²) in [6, 6.07) is 9.35. The van der Waals surface area contributed by atoms with Gasteiger partial charge in [-0.1, -0.05) is 23.7 Å². The highest BCUT2D eigenvalue weighted by molar-refractivity contribution is 6.31. The molecule has 0 aliphatic heterocycles. The molecule has 1 heterocycles. The highest BCUT2D eigenvalue weighted by Gasteiger charge is 2.04. The lowest BCUT2D eigenvalue weighted by molar-refractivity contribution is 0.119. The van der Waals surface area contributed by atoms with Crippen molar-refractivity contribution in [3.8, 4) is 0 Å². The SMILES string of the molecule is N=C(N)c1ccc(COCCCc2ccncc2)c(Cl)c1. The Hall–Kier alpha value is -1.91. The molecule has 0 fully saturated rings. The number of hydrogen-bond donors (Lipinski definition) is 2. The predicted molar refractivity (Wildman–Crippen MR) is 84.7 cm³/mol. The van der Waals surface area contributed by atoms with E-state index in [0.717, 1.165) is 18.4 Å². The fourth-order valence-electron chi connectivity index (χ4n) is 1.94. The number of ether oxygens (including phenoxy) is 1. The third-order valence-electron chi connectivity index (χ3n) is 3.13. The number of nitrogens with zero attached hydrogens (tertiary/aromatic N) is 1. The standard InChI is InChI=1S/C16H18ClN3O/c17-15-10-13(16(18)19)3-4-14(15)11-21-9-1-2-12-5-7-20-8-6-12/h3-8,10H,1-2,9,11H2,(H3,18,19). The van der Waals surface area contributed by atoms with Crippen LogP contribution in [-0.2, 0) is 17.8 Å². The Labute approximate surface area is 129 Å². The molecule has 0 atom stereocenters. The molecule has 2 aromatic rings. The molecule has 0 aliphatic carbocycles. The number of nitrogen functional groups attached to an aromatic ring is 1. The van der Waals surface area contributed by atoms with Crippen LogP contribution in [0.4, 0.5) is 0 Å². The van der Waals surface area contributed by atoms with Gasteiger partial charge in [0.2, 0.25) is 0 Å². The van der Waals surface area contributed by atoms with E-state index >= 15 is 0 Å². The first kappa shape index (κ1) is 15.5. The Morgan fingerprint density at radius 1 is 1.24 bits per heavy atom. The summed E-state index contributed by atoms with van der Waals surface area (Å²) >= 11 is 6.14. The normalized spacial score (nSPS) is 10.5. The van der Waals surface area contributed by atoms with Crippen LogP contribution in [0.1, 0.15) is 23.1 Å². The Balaban J connectivity index is 1.75. The number of hydrogen-bond acceptors (Lipinski definition) is 3. The van der Waals surface area contributed by atoms with Crippen molar-refractivity contribution in [3.05, 3.63) is 64.4 Å². The summed E-state index contributed by atoms with van der Waals surface area (Å²) in [7, 11) is 0. The molecule has 110 valence electrons. The summed E-state index contributed by atoms with van der Waals surface area (Å²) in [5.41, 5.74) is 8.21. The lowest BCUT2D eigenvalue weighted by Gasteiger charge is -2.08. The summed E-state index contributed by atoms with van der Waals surface area (Å²) in [4.78, 5) is 3.99. The van der Waals surface area contributed by atoms with Crippen LogP contribution >= 0.6 is 11.6 Å². The molecule has 0 amide bonds. The Morgan fingerprint density at radius 2 is 2.00 bits per heavy atom. The first-order valence-corrected chi connectivity index (χ1v) is 7.14. The highest BCUT2D eigenvalue weighted by atomic mass is 35.5. The molecule has 1 aromatic carbocycles. The quantitative estimate of drug-likeness (QED) is 0.469. The zero-order valence-electron chi connectivity index (χ0n) is 11.7. The van der Waals surface area contributed by atoms with Crippen LogP contribution in [0.25, 0.3) is 0 Å². The Bertz CT molecular complexity index is 602. The van der Waals surface area contributed by atoms with Crippen molar-refractivity contribution in [2.75, 3.05) is 6.61 Å². The van der Waals surface area contributed by atoms with E-state index in [9.17, 15) is 0 Å². The lowest BCUT2D eigenvalue weighted by atomic mass is 10.1. The van der Waals surface area contributed by atoms with Crippen LogP contribution in [-0.4, -0.2) is 17.4 Å². The van der Waals surface area contributed by atoms with E-state index < -0.39 is 0 Å².